The Hall–Kier alpha value is -3.15. The number of nitrogens with one attached hydrogen (secondary N) is 1. The number of carboxylic acid groups (broad SMARTS) is 1. The molecule has 1 atom stereocenters. The lowest BCUT2D eigenvalue weighted by Crippen LogP contribution is -2.52. The number of rotatable bonds is 6. The SMILES string of the molecule is O=C(NC(Cc1ccccc1)C(=O)N1CCC(C(=O)O)CC1)c1ccccc1. The van der Waals surface area contributed by atoms with Gasteiger partial charge >= 0.3 is 5.97 Å². The highest BCUT2D eigenvalue weighted by Gasteiger charge is 2.31. The molecule has 1 aliphatic rings. The quantitative estimate of drug-likeness (QED) is 0.805. The number of aliphatic carboxylic acids is 1. The third-order valence-corrected chi connectivity index (χ3v) is 5.08. The zero-order valence-corrected chi connectivity index (χ0v) is 15.6. The molecular weight excluding hydrogens is 356 g/mol. The van der Waals surface area contributed by atoms with Crippen molar-refractivity contribution in [2.45, 2.75) is 25.3 Å². The van der Waals surface area contributed by atoms with Gasteiger partial charge in [-0.3, -0.25) is 14.4 Å². The van der Waals surface area contributed by atoms with E-state index in [1.54, 1.807) is 29.2 Å². The second kappa shape index (κ2) is 9.17. The molecule has 1 fully saturated rings. The standard InChI is InChI=1S/C22H24N2O4/c25-20(17-9-5-2-6-10-17)23-19(15-16-7-3-1-4-8-16)21(26)24-13-11-18(12-14-24)22(27)28/h1-10,18-19H,11-15H2,(H,23,25)(H,27,28). The van der Waals surface area contributed by atoms with Gasteiger partial charge < -0.3 is 15.3 Å². The van der Waals surface area contributed by atoms with Gasteiger partial charge in [-0.1, -0.05) is 48.5 Å². The van der Waals surface area contributed by atoms with Crippen molar-refractivity contribution in [3.05, 3.63) is 71.8 Å². The van der Waals surface area contributed by atoms with Crippen LogP contribution in [0.5, 0.6) is 0 Å². The molecule has 2 N–H and O–H groups in total. The van der Waals surface area contributed by atoms with Gasteiger partial charge in [0, 0.05) is 25.1 Å². The summed E-state index contributed by atoms with van der Waals surface area (Å²) in [6, 6.07) is 17.6. The van der Waals surface area contributed by atoms with Crippen molar-refractivity contribution in [1.82, 2.24) is 10.2 Å². The minimum atomic E-state index is -0.815. The van der Waals surface area contributed by atoms with Gasteiger partial charge in [-0.25, -0.2) is 0 Å². The van der Waals surface area contributed by atoms with E-state index in [1.165, 1.54) is 0 Å². The normalized spacial score (nSPS) is 15.6. The molecule has 28 heavy (non-hydrogen) atoms. The van der Waals surface area contributed by atoms with Gasteiger partial charge in [0.05, 0.1) is 5.92 Å². The lowest BCUT2D eigenvalue weighted by Gasteiger charge is -2.33. The number of piperidine rings is 1. The highest BCUT2D eigenvalue weighted by atomic mass is 16.4. The maximum Gasteiger partial charge on any atom is 0.306 e. The average molecular weight is 380 g/mol. The fourth-order valence-corrected chi connectivity index (χ4v) is 3.45. The molecule has 1 saturated heterocycles. The summed E-state index contributed by atoms with van der Waals surface area (Å²) >= 11 is 0. The average Bonchev–Trinajstić information content (AvgIpc) is 2.74. The van der Waals surface area contributed by atoms with Crippen molar-refractivity contribution in [1.29, 1.82) is 0 Å². The van der Waals surface area contributed by atoms with Crippen LogP contribution in [0.4, 0.5) is 0 Å². The van der Waals surface area contributed by atoms with Crippen LogP contribution in [0.3, 0.4) is 0 Å². The molecule has 0 spiro atoms. The number of carbonyl (C=O) groups is 3. The molecule has 0 radical (unpaired) electrons. The van der Waals surface area contributed by atoms with E-state index in [9.17, 15) is 14.4 Å². The summed E-state index contributed by atoms with van der Waals surface area (Å²) < 4.78 is 0. The molecule has 6 heteroatoms. The highest BCUT2D eigenvalue weighted by Crippen LogP contribution is 2.19. The Morgan fingerprint density at radius 2 is 1.54 bits per heavy atom. The number of carboxylic acids is 1. The predicted molar refractivity (Wildman–Crippen MR) is 105 cm³/mol. The van der Waals surface area contributed by atoms with Crippen molar-refractivity contribution in [2.75, 3.05) is 13.1 Å². The van der Waals surface area contributed by atoms with E-state index in [0.717, 1.165) is 5.56 Å². The van der Waals surface area contributed by atoms with Crippen LogP contribution in [0, 0.1) is 5.92 Å². The Morgan fingerprint density at radius 3 is 2.11 bits per heavy atom. The first-order valence-electron chi connectivity index (χ1n) is 9.46. The van der Waals surface area contributed by atoms with Crippen LogP contribution in [-0.4, -0.2) is 46.9 Å². The number of carbonyl (C=O) groups excluding carboxylic acids is 2. The molecule has 3 rings (SSSR count). The topological polar surface area (TPSA) is 86.7 Å². The summed E-state index contributed by atoms with van der Waals surface area (Å²) in [5.74, 6) is -1.69. The van der Waals surface area contributed by atoms with Gasteiger partial charge in [-0.2, -0.15) is 0 Å². The molecular formula is C22H24N2O4. The van der Waals surface area contributed by atoms with Crippen LogP contribution in [0.2, 0.25) is 0 Å². The third-order valence-electron chi connectivity index (χ3n) is 5.08. The van der Waals surface area contributed by atoms with Crippen molar-refractivity contribution < 1.29 is 19.5 Å². The van der Waals surface area contributed by atoms with Crippen LogP contribution in [0.25, 0.3) is 0 Å². The van der Waals surface area contributed by atoms with E-state index in [2.05, 4.69) is 5.32 Å². The fraction of sp³-hybridized carbons (Fsp3) is 0.318. The molecule has 0 aliphatic carbocycles. The Bertz CT molecular complexity index is 815. The predicted octanol–water partition coefficient (Wildman–Crippen LogP) is 2.35. The summed E-state index contributed by atoms with van der Waals surface area (Å²) in [6.07, 6.45) is 1.26. The Kier molecular flexibility index (Phi) is 6.42. The molecule has 1 heterocycles. The molecule has 0 bridgehead atoms. The molecule has 2 aromatic carbocycles. The number of nitrogens with zero attached hydrogens (tertiary/aromatic N) is 1. The zero-order valence-electron chi connectivity index (χ0n) is 15.6. The zero-order chi connectivity index (χ0) is 19.9. The van der Waals surface area contributed by atoms with Crippen molar-refractivity contribution in [3.8, 4) is 0 Å². The first-order chi connectivity index (χ1) is 13.5. The molecule has 2 aromatic rings. The van der Waals surface area contributed by atoms with E-state index < -0.39 is 17.9 Å². The first kappa shape index (κ1) is 19.6. The Labute approximate surface area is 164 Å². The third kappa shape index (κ3) is 4.97. The smallest absolute Gasteiger partial charge is 0.306 e. The summed E-state index contributed by atoms with van der Waals surface area (Å²) in [5, 5.41) is 12.0. The number of likely N-dealkylation sites (tertiary alicyclic amines) is 1. The maximum absolute atomic E-state index is 13.1. The van der Waals surface area contributed by atoms with Crippen molar-refractivity contribution in [3.63, 3.8) is 0 Å². The van der Waals surface area contributed by atoms with Gasteiger partial charge in [0.1, 0.15) is 6.04 Å². The number of hydrogen-bond acceptors (Lipinski definition) is 3. The van der Waals surface area contributed by atoms with Gasteiger partial charge in [-0.05, 0) is 30.5 Å². The van der Waals surface area contributed by atoms with Crippen LogP contribution < -0.4 is 5.32 Å². The van der Waals surface area contributed by atoms with Crippen molar-refractivity contribution in [2.24, 2.45) is 5.92 Å². The Morgan fingerprint density at radius 1 is 0.964 bits per heavy atom. The van der Waals surface area contributed by atoms with E-state index in [4.69, 9.17) is 5.11 Å². The van der Waals surface area contributed by atoms with Gasteiger partial charge in [0.2, 0.25) is 5.91 Å². The monoisotopic (exact) mass is 380 g/mol. The second-order valence-electron chi connectivity index (χ2n) is 7.02. The lowest BCUT2D eigenvalue weighted by molar-refractivity contribution is -0.146. The van der Waals surface area contributed by atoms with Gasteiger partial charge in [0.15, 0.2) is 0 Å². The second-order valence-corrected chi connectivity index (χ2v) is 7.02. The summed E-state index contributed by atoms with van der Waals surface area (Å²) in [5.41, 5.74) is 1.45. The van der Waals surface area contributed by atoms with Crippen LogP contribution in [-0.2, 0) is 16.0 Å². The van der Waals surface area contributed by atoms with E-state index >= 15 is 0 Å². The molecule has 1 unspecified atom stereocenters. The van der Waals surface area contributed by atoms with E-state index in [-0.39, 0.29) is 11.8 Å². The van der Waals surface area contributed by atoms with Crippen molar-refractivity contribution >= 4 is 17.8 Å². The molecule has 2 amide bonds. The van der Waals surface area contributed by atoms with E-state index in [1.807, 2.05) is 36.4 Å². The molecule has 6 nitrogen and oxygen atoms in total. The summed E-state index contributed by atoms with van der Waals surface area (Å²) in [7, 11) is 0. The minimum Gasteiger partial charge on any atom is -0.481 e. The summed E-state index contributed by atoms with van der Waals surface area (Å²) in [6.45, 7) is 0.782. The summed E-state index contributed by atoms with van der Waals surface area (Å²) in [4.78, 5) is 38.5. The first-order valence-corrected chi connectivity index (χ1v) is 9.46. The molecule has 0 aromatic heterocycles. The minimum absolute atomic E-state index is 0.169. The molecule has 146 valence electrons. The Balaban J connectivity index is 1.73. The number of hydrogen-bond donors (Lipinski definition) is 2. The molecule has 1 aliphatic heterocycles. The maximum atomic E-state index is 13.1. The van der Waals surface area contributed by atoms with E-state index in [0.29, 0.717) is 37.9 Å². The number of amides is 2. The largest absolute Gasteiger partial charge is 0.481 e. The number of benzene rings is 2. The van der Waals surface area contributed by atoms with Crippen LogP contribution in [0.15, 0.2) is 60.7 Å². The lowest BCUT2D eigenvalue weighted by atomic mass is 9.96. The fourth-order valence-electron chi connectivity index (χ4n) is 3.45. The van der Waals surface area contributed by atoms with Crippen LogP contribution in [0.1, 0.15) is 28.8 Å². The van der Waals surface area contributed by atoms with Gasteiger partial charge in [-0.15, -0.1) is 0 Å². The van der Waals surface area contributed by atoms with Crippen LogP contribution >= 0.6 is 0 Å². The molecule has 0 saturated carbocycles. The van der Waals surface area contributed by atoms with Gasteiger partial charge in [0.25, 0.3) is 5.91 Å². The highest BCUT2D eigenvalue weighted by molar-refractivity contribution is 5.97.